The molecular weight excluding hydrogens is 873 g/mol. The molecule has 0 radical (unpaired) electrons. The molecule has 0 aromatic rings. The van der Waals surface area contributed by atoms with Crippen LogP contribution in [0.15, 0.2) is 36.5 Å². The summed E-state index contributed by atoms with van der Waals surface area (Å²) in [6, 6.07) is 0. The van der Waals surface area contributed by atoms with Gasteiger partial charge < -0.3 is 64.2 Å². The first-order chi connectivity index (χ1) is 33.1. The fourth-order valence-corrected chi connectivity index (χ4v) is 8.43. The Kier molecular flexibility index (Phi) is 38.3. The molecule has 2 saturated heterocycles. The number of carbonyl (C=O) groups is 1. The fourth-order valence-electron chi connectivity index (χ4n) is 8.43. The van der Waals surface area contributed by atoms with Crippen molar-refractivity contribution in [1.82, 2.24) is 0 Å². The summed E-state index contributed by atoms with van der Waals surface area (Å²) in [6.45, 7) is 3.65. The van der Waals surface area contributed by atoms with Crippen molar-refractivity contribution in [3.8, 4) is 0 Å². The van der Waals surface area contributed by atoms with Gasteiger partial charge in [0.2, 0.25) is 0 Å². The van der Waals surface area contributed by atoms with Crippen LogP contribution in [0.2, 0.25) is 0 Å². The molecule has 14 nitrogen and oxygen atoms in total. The summed E-state index contributed by atoms with van der Waals surface area (Å²) in [5.41, 5.74) is 0. The van der Waals surface area contributed by atoms with Gasteiger partial charge in [0.1, 0.15) is 54.9 Å². The first kappa shape index (κ1) is 62.3. The third kappa shape index (κ3) is 28.9. The number of aliphatic hydroxyl groups excluding tert-OH is 7. The van der Waals surface area contributed by atoms with Gasteiger partial charge in [0, 0.05) is 13.0 Å². The van der Waals surface area contributed by atoms with Gasteiger partial charge in [-0.05, 0) is 70.6 Å². The van der Waals surface area contributed by atoms with Crippen LogP contribution in [0.4, 0.5) is 0 Å². The summed E-state index contributed by atoms with van der Waals surface area (Å²) in [6.07, 6.45) is 30.5. The Morgan fingerprint density at radius 2 is 0.912 bits per heavy atom. The van der Waals surface area contributed by atoms with Gasteiger partial charge >= 0.3 is 5.97 Å². The lowest BCUT2D eigenvalue weighted by Gasteiger charge is -2.42. The van der Waals surface area contributed by atoms with Crippen molar-refractivity contribution in [3.63, 3.8) is 0 Å². The van der Waals surface area contributed by atoms with Crippen molar-refractivity contribution in [2.45, 2.75) is 268 Å². The van der Waals surface area contributed by atoms with E-state index >= 15 is 0 Å². The molecule has 2 fully saturated rings. The molecule has 68 heavy (non-hydrogen) atoms. The van der Waals surface area contributed by atoms with E-state index in [9.17, 15) is 40.5 Å². The minimum Gasteiger partial charge on any atom is -0.457 e. The number of rotatable bonds is 43. The van der Waals surface area contributed by atoms with Crippen molar-refractivity contribution < 1.29 is 69.0 Å². The van der Waals surface area contributed by atoms with Gasteiger partial charge in [-0.15, -0.1) is 0 Å². The maximum Gasteiger partial charge on any atom is 0.306 e. The molecule has 14 heteroatoms. The van der Waals surface area contributed by atoms with Gasteiger partial charge in [-0.25, -0.2) is 0 Å². The van der Waals surface area contributed by atoms with Crippen LogP contribution < -0.4 is 0 Å². The van der Waals surface area contributed by atoms with Crippen LogP contribution in [-0.2, 0) is 33.2 Å². The van der Waals surface area contributed by atoms with Gasteiger partial charge in [0.25, 0.3) is 0 Å². The zero-order valence-corrected chi connectivity index (χ0v) is 42.3. The second-order valence-electron chi connectivity index (χ2n) is 19.0. The van der Waals surface area contributed by atoms with Gasteiger partial charge in [-0.1, -0.05) is 159 Å². The molecule has 2 heterocycles. The lowest BCUT2D eigenvalue weighted by atomic mass is 9.98. The summed E-state index contributed by atoms with van der Waals surface area (Å²) in [5, 5.41) is 72.2. The quantitative estimate of drug-likeness (QED) is 0.0173. The number of unbranched alkanes of at least 4 members (excludes halogenated alkanes) is 23. The normalized spacial score (nSPS) is 26.1. The molecular formula is C54H98O14. The molecule has 0 bridgehead atoms. The number of carbonyl (C=O) groups excluding carboxylic acids is 1. The summed E-state index contributed by atoms with van der Waals surface area (Å²) in [5.74, 6) is -0.385. The molecule has 0 spiro atoms. The monoisotopic (exact) mass is 971 g/mol. The topological polar surface area (TPSA) is 214 Å². The third-order valence-corrected chi connectivity index (χ3v) is 12.9. The van der Waals surface area contributed by atoms with E-state index in [1.807, 2.05) is 0 Å². The van der Waals surface area contributed by atoms with Crippen LogP contribution >= 0.6 is 0 Å². The van der Waals surface area contributed by atoms with E-state index in [4.69, 9.17) is 28.4 Å². The summed E-state index contributed by atoms with van der Waals surface area (Å²) in [4.78, 5) is 13.0. The molecule has 11 unspecified atom stereocenters. The smallest absolute Gasteiger partial charge is 0.306 e. The Hall–Kier alpha value is -1.79. The SMILES string of the molecule is CCCCCC/C=C\C/C=C\CCCCCCCCCC(=O)OC(COCCCCCCCC/C=C\CCCCCCCC)COC1OC(COC2OC(CO)C(O)C(O)C2O)C(O)C(O)C1O. The molecule has 2 aliphatic rings. The molecule has 2 aliphatic heterocycles. The highest BCUT2D eigenvalue weighted by atomic mass is 16.7. The largest absolute Gasteiger partial charge is 0.457 e. The van der Waals surface area contributed by atoms with Crippen molar-refractivity contribution in [3.05, 3.63) is 36.5 Å². The van der Waals surface area contributed by atoms with Crippen molar-refractivity contribution in [2.75, 3.05) is 33.0 Å². The van der Waals surface area contributed by atoms with E-state index in [0.29, 0.717) is 13.0 Å². The average molecular weight is 971 g/mol. The van der Waals surface area contributed by atoms with E-state index in [0.717, 1.165) is 57.8 Å². The molecule has 0 saturated carbocycles. The van der Waals surface area contributed by atoms with E-state index < -0.39 is 80.7 Å². The molecule has 398 valence electrons. The van der Waals surface area contributed by atoms with Gasteiger partial charge in [0.15, 0.2) is 12.6 Å². The van der Waals surface area contributed by atoms with Gasteiger partial charge in [0.05, 0.1) is 26.4 Å². The van der Waals surface area contributed by atoms with Crippen molar-refractivity contribution >= 4 is 5.97 Å². The second-order valence-corrected chi connectivity index (χ2v) is 19.0. The predicted molar refractivity (Wildman–Crippen MR) is 266 cm³/mol. The number of ether oxygens (including phenoxy) is 6. The average Bonchev–Trinajstić information content (AvgIpc) is 3.33. The number of hydrogen-bond acceptors (Lipinski definition) is 14. The molecule has 0 aromatic heterocycles. The van der Waals surface area contributed by atoms with Crippen molar-refractivity contribution in [2.24, 2.45) is 0 Å². The second kappa shape index (κ2) is 41.8. The highest BCUT2D eigenvalue weighted by Crippen LogP contribution is 2.26. The number of hydrogen-bond donors (Lipinski definition) is 7. The Morgan fingerprint density at radius 1 is 0.485 bits per heavy atom. The van der Waals surface area contributed by atoms with Crippen LogP contribution in [0.25, 0.3) is 0 Å². The number of aliphatic hydroxyl groups is 7. The number of allylic oxidation sites excluding steroid dienone is 6. The maximum atomic E-state index is 13.0. The minimum atomic E-state index is -1.71. The lowest BCUT2D eigenvalue weighted by Crippen LogP contribution is -2.61. The van der Waals surface area contributed by atoms with Crippen LogP contribution in [0, 0.1) is 0 Å². The van der Waals surface area contributed by atoms with Crippen LogP contribution in [0.3, 0.4) is 0 Å². The first-order valence-electron chi connectivity index (χ1n) is 27.1. The fraction of sp³-hybridized carbons (Fsp3) is 0.870. The lowest BCUT2D eigenvalue weighted by molar-refractivity contribution is -0.332. The van der Waals surface area contributed by atoms with E-state index in [-0.39, 0.29) is 25.6 Å². The van der Waals surface area contributed by atoms with E-state index in [1.54, 1.807) is 0 Å². The Labute approximate surface area is 410 Å². The summed E-state index contributed by atoms with van der Waals surface area (Å²) >= 11 is 0. The zero-order valence-electron chi connectivity index (χ0n) is 42.3. The predicted octanol–water partition coefficient (Wildman–Crippen LogP) is 8.58. The van der Waals surface area contributed by atoms with Crippen LogP contribution in [0.1, 0.15) is 200 Å². The van der Waals surface area contributed by atoms with Gasteiger partial charge in [-0.3, -0.25) is 4.79 Å². The van der Waals surface area contributed by atoms with E-state index in [1.165, 1.54) is 116 Å². The minimum absolute atomic E-state index is 0.0550. The highest BCUT2D eigenvalue weighted by molar-refractivity contribution is 5.69. The third-order valence-electron chi connectivity index (χ3n) is 12.9. The first-order valence-corrected chi connectivity index (χ1v) is 27.1. The molecule has 0 aromatic carbocycles. The molecule has 0 amide bonds. The summed E-state index contributed by atoms with van der Waals surface area (Å²) < 4.78 is 34.3. The Morgan fingerprint density at radius 3 is 1.44 bits per heavy atom. The molecule has 0 aliphatic carbocycles. The maximum absolute atomic E-state index is 13.0. The molecule has 7 N–H and O–H groups in total. The van der Waals surface area contributed by atoms with E-state index in [2.05, 4.69) is 50.3 Å². The van der Waals surface area contributed by atoms with Crippen molar-refractivity contribution in [1.29, 1.82) is 0 Å². The molecule has 11 atom stereocenters. The number of esters is 1. The highest BCUT2D eigenvalue weighted by Gasteiger charge is 2.47. The summed E-state index contributed by atoms with van der Waals surface area (Å²) in [7, 11) is 0. The Balaban J connectivity index is 1.76. The van der Waals surface area contributed by atoms with Crippen LogP contribution in [-0.4, -0.2) is 142 Å². The Bertz CT molecular complexity index is 1260. The van der Waals surface area contributed by atoms with Gasteiger partial charge in [-0.2, -0.15) is 0 Å². The van der Waals surface area contributed by atoms with Crippen LogP contribution in [0.5, 0.6) is 0 Å². The molecule has 2 rings (SSSR count). The standard InChI is InChI=1S/C54H98O14/c1-3-5-7-9-11-13-15-17-19-21-22-23-25-27-29-31-33-35-37-46(56)66-43(40-63-38-36-34-32-30-28-26-24-20-18-16-14-12-10-8-6-4-2)41-64-53-52(62)50(60)48(58)45(68-53)42-65-54-51(61)49(59)47(57)44(39-55)67-54/h13,15,18-21,43-45,47-55,57-62H,3-12,14,16-17,22-42H2,1-2H3/b15-13-,20-18-,21-19-. The zero-order chi connectivity index (χ0) is 49.5.